The van der Waals surface area contributed by atoms with Gasteiger partial charge in [-0.05, 0) is 48.1 Å². The molecule has 0 fully saturated rings. The minimum Gasteiger partial charge on any atom is -0.496 e. The fraction of sp³-hybridized carbons (Fsp3) is 0.400. The molecule has 0 aliphatic carbocycles. The third-order valence-electron chi connectivity index (χ3n) is 5.18. The molecule has 6 heteroatoms. The van der Waals surface area contributed by atoms with Crippen LogP contribution in [-0.4, -0.2) is 34.7 Å². The number of nitrogens with zero attached hydrogens (tertiary/aromatic N) is 3. The van der Waals surface area contributed by atoms with Crippen LogP contribution in [0.25, 0.3) is 10.2 Å². The maximum Gasteiger partial charge on any atom is 0.271 e. The zero-order valence-electron chi connectivity index (χ0n) is 15.4. The van der Waals surface area contributed by atoms with Crippen LogP contribution in [-0.2, 0) is 19.5 Å². The SMILES string of the molecule is COc1cc(C)c(CN2CCc3nc4ccsc4c(=O)n3CC2)cc1C. The van der Waals surface area contributed by atoms with E-state index in [0.717, 1.165) is 53.4 Å². The van der Waals surface area contributed by atoms with E-state index < -0.39 is 0 Å². The molecule has 0 bridgehead atoms. The Bertz CT molecular complexity index is 1020. The van der Waals surface area contributed by atoms with Crippen molar-refractivity contribution in [2.75, 3.05) is 20.2 Å². The van der Waals surface area contributed by atoms with Gasteiger partial charge in [0, 0.05) is 32.6 Å². The van der Waals surface area contributed by atoms with Crippen molar-refractivity contribution in [3.8, 4) is 5.75 Å². The van der Waals surface area contributed by atoms with E-state index in [4.69, 9.17) is 9.72 Å². The molecule has 1 aliphatic rings. The lowest BCUT2D eigenvalue weighted by Crippen LogP contribution is -2.28. The topological polar surface area (TPSA) is 47.4 Å². The standard InChI is InChI=1S/C20H23N3O2S/c1-13-11-17(25-3)14(2)10-15(13)12-22-6-4-18-21-16-5-9-26-19(16)20(24)23(18)8-7-22/h5,9-11H,4,6-8,12H2,1-3H3. The van der Waals surface area contributed by atoms with E-state index in [-0.39, 0.29) is 5.56 Å². The highest BCUT2D eigenvalue weighted by Crippen LogP contribution is 2.24. The third kappa shape index (κ3) is 3.04. The van der Waals surface area contributed by atoms with E-state index in [2.05, 4.69) is 30.9 Å². The minimum atomic E-state index is 0.110. The van der Waals surface area contributed by atoms with Crippen LogP contribution in [0.3, 0.4) is 0 Å². The van der Waals surface area contributed by atoms with Crippen molar-refractivity contribution in [3.05, 3.63) is 56.4 Å². The number of fused-ring (bicyclic) bond motifs is 2. The van der Waals surface area contributed by atoms with Crippen LogP contribution in [0, 0.1) is 13.8 Å². The number of aromatic nitrogens is 2. The maximum absolute atomic E-state index is 12.7. The predicted molar refractivity (Wildman–Crippen MR) is 105 cm³/mol. The van der Waals surface area contributed by atoms with Gasteiger partial charge in [0.2, 0.25) is 0 Å². The van der Waals surface area contributed by atoms with Crippen LogP contribution in [0.15, 0.2) is 28.4 Å². The number of methoxy groups -OCH3 is 1. The first kappa shape index (κ1) is 17.2. The van der Waals surface area contributed by atoms with E-state index in [1.54, 1.807) is 7.11 Å². The van der Waals surface area contributed by atoms with Gasteiger partial charge in [-0.1, -0.05) is 6.07 Å². The van der Waals surface area contributed by atoms with E-state index in [1.165, 1.54) is 22.5 Å². The molecular formula is C20H23N3O2S. The average molecular weight is 369 g/mol. The molecular weight excluding hydrogens is 346 g/mol. The van der Waals surface area contributed by atoms with Gasteiger partial charge in [0.25, 0.3) is 5.56 Å². The molecule has 0 saturated carbocycles. The second kappa shape index (κ2) is 6.85. The minimum absolute atomic E-state index is 0.110. The summed E-state index contributed by atoms with van der Waals surface area (Å²) in [4.78, 5) is 19.9. The van der Waals surface area contributed by atoms with Crippen molar-refractivity contribution in [1.82, 2.24) is 14.5 Å². The van der Waals surface area contributed by atoms with E-state index in [1.807, 2.05) is 16.0 Å². The molecule has 4 rings (SSSR count). The van der Waals surface area contributed by atoms with Crippen molar-refractivity contribution in [2.45, 2.75) is 33.4 Å². The number of benzene rings is 1. The summed E-state index contributed by atoms with van der Waals surface area (Å²) >= 11 is 1.48. The summed E-state index contributed by atoms with van der Waals surface area (Å²) < 4.78 is 8.05. The van der Waals surface area contributed by atoms with Crippen molar-refractivity contribution >= 4 is 21.6 Å². The van der Waals surface area contributed by atoms with Crippen LogP contribution in [0.2, 0.25) is 0 Å². The molecule has 0 spiro atoms. The molecule has 26 heavy (non-hydrogen) atoms. The molecule has 0 N–H and O–H groups in total. The third-order valence-corrected chi connectivity index (χ3v) is 6.08. The Morgan fingerprint density at radius 2 is 2.04 bits per heavy atom. The Labute approximate surface area is 156 Å². The summed E-state index contributed by atoms with van der Waals surface area (Å²) in [5.74, 6) is 1.84. The smallest absolute Gasteiger partial charge is 0.271 e. The molecule has 2 aromatic heterocycles. The fourth-order valence-corrected chi connectivity index (χ4v) is 4.44. The number of aryl methyl sites for hydroxylation is 2. The van der Waals surface area contributed by atoms with Crippen LogP contribution < -0.4 is 10.3 Å². The van der Waals surface area contributed by atoms with Crippen molar-refractivity contribution < 1.29 is 4.74 Å². The monoisotopic (exact) mass is 369 g/mol. The summed E-state index contributed by atoms with van der Waals surface area (Å²) in [6, 6.07) is 6.26. The van der Waals surface area contributed by atoms with Crippen molar-refractivity contribution in [3.63, 3.8) is 0 Å². The largest absolute Gasteiger partial charge is 0.496 e. The van der Waals surface area contributed by atoms with Crippen LogP contribution >= 0.6 is 11.3 Å². The highest BCUT2D eigenvalue weighted by molar-refractivity contribution is 7.17. The number of rotatable bonds is 3. The Kier molecular flexibility index (Phi) is 4.54. The van der Waals surface area contributed by atoms with Crippen LogP contribution in [0.5, 0.6) is 5.75 Å². The van der Waals surface area contributed by atoms with Gasteiger partial charge in [0.15, 0.2) is 0 Å². The van der Waals surface area contributed by atoms with Gasteiger partial charge in [-0.3, -0.25) is 14.3 Å². The van der Waals surface area contributed by atoms with Crippen molar-refractivity contribution in [1.29, 1.82) is 0 Å². The highest BCUT2D eigenvalue weighted by atomic mass is 32.1. The predicted octanol–water partition coefficient (Wildman–Crippen LogP) is 3.14. The van der Waals surface area contributed by atoms with E-state index in [0.29, 0.717) is 6.54 Å². The van der Waals surface area contributed by atoms with Crippen LogP contribution in [0.1, 0.15) is 22.5 Å². The zero-order chi connectivity index (χ0) is 18.3. The average Bonchev–Trinajstić information content (AvgIpc) is 3.00. The second-order valence-corrected chi connectivity index (χ2v) is 7.81. The first-order valence-corrected chi connectivity index (χ1v) is 9.78. The molecule has 3 aromatic rings. The van der Waals surface area contributed by atoms with Crippen molar-refractivity contribution in [2.24, 2.45) is 0 Å². The molecule has 3 heterocycles. The van der Waals surface area contributed by atoms with E-state index in [9.17, 15) is 4.79 Å². The van der Waals surface area contributed by atoms with Gasteiger partial charge in [0.05, 0.1) is 12.6 Å². The van der Waals surface area contributed by atoms with Gasteiger partial charge in [-0.25, -0.2) is 4.98 Å². The summed E-state index contributed by atoms with van der Waals surface area (Å²) in [6.45, 7) is 7.56. The Hall–Kier alpha value is -2.18. The summed E-state index contributed by atoms with van der Waals surface area (Å²) in [6.07, 6.45) is 0.801. The number of hydrogen-bond acceptors (Lipinski definition) is 5. The lowest BCUT2D eigenvalue weighted by atomic mass is 10.0. The van der Waals surface area contributed by atoms with Gasteiger partial charge in [0.1, 0.15) is 16.3 Å². The fourth-order valence-electron chi connectivity index (χ4n) is 3.66. The number of thiophene rings is 1. The number of ether oxygens (including phenoxy) is 1. The summed E-state index contributed by atoms with van der Waals surface area (Å²) in [5.41, 5.74) is 4.66. The molecule has 0 saturated heterocycles. The maximum atomic E-state index is 12.7. The first-order chi connectivity index (χ1) is 12.6. The molecule has 0 radical (unpaired) electrons. The number of hydrogen-bond donors (Lipinski definition) is 0. The molecule has 5 nitrogen and oxygen atoms in total. The molecule has 0 amide bonds. The molecule has 0 unspecified atom stereocenters. The molecule has 0 atom stereocenters. The lowest BCUT2D eigenvalue weighted by Gasteiger charge is -2.21. The second-order valence-electron chi connectivity index (χ2n) is 6.89. The highest BCUT2D eigenvalue weighted by Gasteiger charge is 2.19. The molecule has 136 valence electrons. The first-order valence-electron chi connectivity index (χ1n) is 8.90. The van der Waals surface area contributed by atoms with Gasteiger partial charge in [-0.2, -0.15) is 0 Å². The summed E-state index contributed by atoms with van der Waals surface area (Å²) in [5, 5.41) is 1.94. The Balaban J connectivity index is 1.57. The van der Waals surface area contributed by atoms with Crippen LogP contribution in [0.4, 0.5) is 0 Å². The normalized spacial score (nSPS) is 15.0. The zero-order valence-corrected chi connectivity index (χ0v) is 16.2. The molecule has 1 aliphatic heterocycles. The van der Waals surface area contributed by atoms with Gasteiger partial charge < -0.3 is 4.74 Å². The molecule has 1 aromatic carbocycles. The van der Waals surface area contributed by atoms with Gasteiger partial charge in [-0.15, -0.1) is 11.3 Å². The summed E-state index contributed by atoms with van der Waals surface area (Å²) in [7, 11) is 1.71. The van der Waals surface area contributed by atoms with E-state index >= 15 is 0 Å². The quantitative estimate of drug-likeness (QED) is 0.712. The van der Waals surface area contributed by atoms with Gasteiger partial charge >= 0.3 is 0 Å². The Morgan fingerprint density at radius 3 is 2.85 bits per heavy atom. The Morgan fingerprint density at radius 1 is 1.19 bits per heavy atom. The lowest BCUT2D eigenvalue weighted by molar-refractivity contribution is 0.270.